The van der Waals surface area contributed by atoms with Crippen molar-refractivity contribution in [1.82, 2.24) is 9.97 Å². The molecule has 1 unspecified atom stereocenters. The van der Waals surface area contributed by atoms with Crippen LogP contribution in [0.3, 0.4) is 0 Å². The van der Waals surface area contributed by atoms with Crippen molar-refractivity contribution in [2.75, 3.05) is 0 Å². The van der Waals surface area contributed by atoms with Crippen LogP contribution >= 0.6 is 11.6 Å². The Morgan fingerprint density at radius 2 is 1.94 bits per heavy atom. The van der Waals surface area contributed by atoms with Crippen molar-refractivity contribution in [3.63, 3.8) is 0 Å². The molecule has 1 aromatic heterocycles. The molecule has 0 amide bonds. The summed E-state index contributed by atoms with van der Waals surface area (Å²) in [7, 11) is 0. The van der Waals surface area contributed by atoms with Crippen LogP contribution < -0.4 is 5.73 Å². The Bertz CT molecular complexity index is 490. The summed E-state index contributed by atoms with van der Waals surface area (Å²) in [5.41, 5.74) is 6.89. The fourth-order valence-corrected chi connectivity index (χ4v) is 1.58. The standard InChI is InChI=1S/C11H9ClFN3/c12-8-1-2-10(13)9(3-8)11(14)7-4-15-6-16-5-7/h1-6,11H,14H2. The smallest absolute Gasteiger partial charge is 0.128 e. The van der Waals surface area contributed by atoms with Gasteiger partial charge >= 0.3 is 0 Å². The summed E-state index contributed by atoms with van der Waals surface area (Å²) in [4.78, 5) is 7.67. The van der Waals surface area contributed by atoms with Crippen molar-refractivity contribution >= 4 is 11.6 Å². The maximum Gasteiger partial charge on any atom is 0.128 e. The second-order valence-corrected chi connectivity index (χ2v) is 3.75. The van der Waals surface area contributed by atoms with Crippen molar-refractivity contribution in [1.29, 1.82) is 0 Å². The zero-order chi connectivity index (χ0) is 11.5. The highest BCUT2D eigenvalue weighted by Crippen LogP contribution is 2.24. The number of nitrogens with two attached hydrogens (primary N) is 1. The summed E-state index contributed by atoms with van der Waals surface area (Å²) in [6.07, 6.45) is 4.50. The van der Waals surface area contributed by atoms with Gasteiger partial charge in [-0.25, -0.2) is 14.4 Å². The Balaban J connectivity index is 2.41. The normalized spacial score (nSPS) is 12.4. The SMILES string of the molecule is NC(c1cncnc1)c1cc(Cl)ccc1F. The Morgan fingerprint density at radius 3 is 2.62 bits per heavy atom. The van der Waals surface area contributed by atoms with Gasteiger partial charge in [0.2, 0.25) is 0 Å². The molecule has 16 heavy (non-hydrogen) atoms. The Labute approximate surface area is 97.1 Å². The molecule has 0 aliphatic rings. The van der Waals surface area contributed by atoms with Crippen molar-refractivity contribution in [3.05, 3.63) is 58.9 Å². The largest absolute Gasteiger partial charge is 0.320 e. The quantitative estimate of drug-likeness (QED) is 0.872. The highest BCUT2D eigenvalue weighted by Gasteiger charge is 2.14. The minimum absolute atomic E-state index is 0.335. The molecule has 2 aromatic rings. The van der Waals surface area contributed by atoms with Crippen LogP contribution in [0.15, 0.2) is 36.9 Å². The molecular formula is C11H9ClFN3. The third-order valence-corrected chi connectivity index (χ3v) is 2.47. The van der Waals surface area contributed by atoms with E-state index in [1.807, 2.05) is 0 Å². The summed E-state index contributed by atoms with van der Waals surface area (Å²) >= 11 is 5.79. The van der Waals surface area contributed by atoms with E-state index in [4.69, 9.17) is 17.3 Å². The first kappa shape index (κ1) is 11.0. The molecule has 0 aliphatic heterocycles. The number of halogens is 2. The summed E-state index contributed by atoms with van der Waals surface area (Å²) < 4.78 is 13.5. The van der Waals surface area contributed by atoms with Gasteiger partial charge in [-0.2, -0.15) is 0 Å². The summed E-state index contributed by atoms with van der Waals surface area (Å²) in [5, 5.41) is 0.448. The Kier molecular flexibility index (Phi) is 3.12. The molecule has 82 valence electrons. The molecule has 1 heterocycles. The van der Waals surface area contributed by atoms with E-state index in [0.29, 0.717) is 16.1 Å². The molecule has 1 atom stereocenters. The molecular weight excluding hydrogens is 229 g/mol. The van der Waals surface area contributed by atoms with Gasteiger partial charge in [0, 0.05) is 28.5 Å². The molecule has 0 saturated heterocycles. The lowest BCUT2D eigenvalue weighted by molar-refractivity contribution is 0.599. The van der Waals surface area contributed by atoms with Crippen LogP contribution in [0.2, 0.25) is 5.02 Å². The Hall–Kier alpha value is -1.52. The average Bonchev–Trinajstić information content (AvgIpc) is 2.32. The first-order chi connectivity index (χ1) is 7.68. The summed E-state index contributed by atoms with van der Waals surface area (Å²) in [5.74, 6) is -0.388. The van der Waals surface area contributed by atoms with Gasteiger partial charge < -0.3 is 5.73 Å². The van der Waals surface area contributed by atoms with Crippen LogP contribution in [0.25, 0.3) is 0 Å². The van der Waals surface area contributed by atoms with Gasteiger partial charge in [0.15, 0.2) is 0 Å². The van der Waals surface area contributed by atoms with Crippen molar-refractivity contribution in [3.8, 4) is 0 Å². The zero-order valence-corrected chi connectivity index (χ0v) is 9.03. The van der Waals surface area contributed by atoms with Gasteiger partial charge in [0.05, 0.1) is 6.04 Å². The number of hydrogen-bond donors (Lipinski definition) is 1. The highest BCUT2D eigenvalue weighted by atomic mass is 35.5. The Morgan fingerprint density at radius 1 is 1.25 bits per heavy atom. The fourth-order valence-electron chi connectivity index (χ4n) is 1.40. The van der Waals surface area contributed by atoms with E-state index in [1.54, 1.807) is 12.4 Å². The minimum Gasteiger partial charge on any atom is -0.320 e. The van der Waals surface area contributed by atoms with Crippen LogP contribution in [-0.2, 0) is 0 Å². The first-order valence-corrected chi connectivity index (χ1v) is 5.01. The molecule has 0 bridgehead atoms. The van der Waals surface area contributed by atoms with E-state index < -0.39 is 6.04 Å². The van der Waals surface area contributed by atoms with Crippen LogP contribution in [-0.4, -0.2) is 9.97 Å². The zero-order valence-electron chi connectivity index (χ0n) is 8.27. The topological polar surface area (TPSA) is 51.8 Å². The van der Waals surface area contributed by atoms with E-state index >= 15 is 0 Å². The van der Waals surface area contributed by atoms with E-state index in [-0.39, 0.29) is 5.82 Å². The van der Waals surface area contributed by atoms with Gasteiger partial charge in [-0.05, 0) is 18.2 Å². The van der Waals surface area contributed by atoms with Gasteiger partial charge in [0.25, 0.3) is 0 Å². The summed E-state index contributed by atoms with van der Waals surface area (Å²) in [6, 6.07) is 3.67. The second kappa shape index (κ2) is 4.55. The number of nitrogens with zero attached hydrogens (tertiary/aromatic N) is 2. The van der Waals surface area contributed by atoms with E-state index in [9.17, 15) is 4.39 Å². The summed E-state index contributed by atoms with van der Waals surface area (Å²) in [6.45, 7) is 0. The molecule has 0 fully saturated rings. The number of benzene rings is 1. The lowest BCUT2D eigenvalue weighted by Gasteiger charge is -2.12. The maximum atomic E-state index is 13.5. The first-order valence-electron chi connectivity index (χ1n) is 4.64. The van der Waals surface area contributed by atoms with Crippen LogP contribution in [0.4, 0.5) is 4.39 Å². The average molecular weight is 238 g/mol. The molecule has 5 heteroatoms. The van der Waals surface area contributed by atoms with Gasteiger partial charge in [0.1, 0.15) is 12.1 Å². The monoisotopic (exact) mass is 237 g/mol. The fraction of sp³-hybridized carbons (Fsp3) is 0.0909. The van der Waals surface area contributed by atoms with Crippen LogP contribution in [0.5, 0.6) is 0 Å². The van der Waals surface area contributed by atoms with Crippen molar-refractivity contribution < 1.29 is 4.39 Å². The minimum atomic E-state index is -0.611. The second-order valence-electron chi connectivity index (χ2n) is 3.32. The lowest BCUT2D eigenvalue weighted by atomic mass is 10.0. The molecule has 1 aromatic carbocycles. The third-order valence-electron chi connectivity index (χ3n) is 2.23. The van der Waals surface area contributed by atoms with Crippen molar-refractivity contribution in [2.45, 2.75) is 6.04 Å². The van der Waals surface area contributed by atoms with Crippen LogP contribution in [0.1, 0.15) is 17.2 Å². The van der Waals surface area contributed by atoms with E-state index in [2.05, 4.69) is 9.97 Å². The lowest BCUT2D eigenvalue weighted by Crippen LogP contribution is -2.14. The molecule has 0 spiro atoms. The molecule has 2 rings (SSSR count). The predicted molar refractivity (Wildman–Crippen MR) is 59.5 cm³/mol. The van der Waals surface area contributed by atoms with Crippen molar-refractivity contribution in [2.24, 2.45) is 5.73 Å². The molecule has 3 nitrogen and oxygen atoms in total. The highest BCUT2D eigenvalue weighted by molar-refractivity contribution is 6.30. The number of hydrogen-bond acceptors (Lipinski definition) is 3. The van der Waals surface area contributed by atoms with E-state index in [1.165, 1.54) is 24.5 Å². The van der Waals surface area contributed by atoms with Gasteiger partial charge in [-0.15, -0.1) is 0 Å². The van der Waals surface area contributed by atoms with Gasteiger partial charge in [-0.3, -0.25) is 0 Å². The third kappa shape index (κ3) is 2.18. The van der Waals surface area contributed by atoms with Gasteiger partial charge in [-0.1, -0.05) is 11.6 Å². The molecule has 0 aliphatic carbocycles. The van der Waals surface area contributed by atoms with E-state index in [0.717, 1.165) is 0 Å². The van der Waals surface area contributed by atoms with Crippen LogP contribution in [0, 0.1) is 5.82 Å². The number of aromatic nitrogens is 2. The molecule has 0 radical (unpaired) electrons. The number of rotatable bonds is 2. The molecule has 0 saturated carbocycles. The maximum absolute atomic E-state index is 13.5. The molecule has 2 N–H and O–H groups in total. The predicted octanol–water partition coefficient (Wildman–Crippen LogP) is 2.32.